The van der Waals surface area contributed by atoms with Crippen molar-refractivity contribution >= 4 is 11.7 Å². The van der Waals surface area contributed by atoms with E-state index in [0.29, 0.717) is 12.2 Å². The van der Waals surface area contributed by atoms with Gasteiger partial charge in [0.05, 0.1) is 12.8 Å². The second-order valence-electron chi connectivity index (χ2n) is 4.56. The van der Waals surface area contributed by atoms with Gasteiger partial charge in [0, 0.05) is 12.7 Å². The van der Waals surface area contributed by atoms with E-state index >= 15 is 0 Å². The maximum atomic E-state index is 11.8. The van der Waals surface area contributed by atoms with Crippen molar-refractivity contribution in [1.29, 1.82) is 0 Å². The summed E-state index contributed by atoms with van der Waals surface area (Å²) >= 11 is 0. The van der Waals surface area contributed by atoms with Gasteiger partial charge in [-0.2, -0.15) is 0 Å². The van der Waals surface area contributed by atoms with Crippen LogP contribution in [0.1, 0.15) is 16.8 Å². The Hall–Kier alpha value is -2.56. The molecule has 2 rings (SSSR count). The fraction of sp³-hybridized carbons (Fsp3) is 0.250. The molecular weight excluding hydrogens is 268 g/mol. The highest BCUT2D eigenvalue weighted by molar-refractivity contribution is 6.42. The Morgan fingerprint density at radius 3 is 2.62 bits per heavy atom. The van der Waals surface area contributed by atoms with Gasteiger partial charge in [-0.1, -0.05) is 29.4 Å². The lowest BCUT2D eigenvalue weighted by Crippen LogP contribution is -2.21. The number of aryl methyl sites for hydroxylation is 1. The molecule has 0 atom stereocenters. The topological polar surface area (TPSA) is 52.8 Å². The van der Waals surface area contributed by atoms with E-state index in [4.69, 9.17) is 9.57 Å². The van der Waals surface area contributed by atoms with Crippen molar-refractivity contribution in [2.45, 2.75) is 13.5 Å². The van der Waals surface area contributed by atoms with E-state index in [1.807, 2.05) is 35.0 Å². The maximum Gasteiger partial charge on any atom is 0.362 e. The van der Waals surface area contributed by atoms with Gasteiger partial charge in [0.2, 0.25) is 5.71 Å². The second kappa shape index (κ2) is 6.74. The first-order valence-electron chi connectivity index (χ1n) is 6.57. The molecule has 0 bridgehead atoms. The Kier molecular flexibility index (Phi) is 4.77. The Bertz CT molecular complexity index is 659. The van der Waals surface area contributed by atoms with Crippen molar-refractivity contribution in [3.05, 3.63) is 59.4 Å². The summed E-state index contributed by atoms with van der Waals surface area (Å²) in [6, 6.07) is 11.8. The lowest BCUT2D eigenvalue weighted by atomic mass is 10.1. The van der Waals surface area contributed by atoms with Crippen molar-refractivity contribution in [3.63, 3.8) is 0 Å². The van der Waals surface area contributed by atoms with Gasteiger partial charge >= 0.3 is 5.97 Å². The first-order valence-corrected chi connectivity index (χ1v) is 6.57. The van der Waals surface area contributed by atoms with Crippen LogP contribution in [-0.4, -0.2) is 30.5 Å². The lowest BCUT2D eigenvalue weighted by Gasteiger charge is -2.11. The highest BCUT2D eigenvalue weighted by atomic mass is 16.6. The van der Waals surface area contributed by atoms with E-state index < -0.39 is 5.97 Å². The molecule has 0 fully saturated rings. The number of esters is 1. The predicted molar refractivity (Wildman–Crippen MR) is 80.3 cm³/mol. The summed E-state index contributed by atoms with van der Waals surface area (Å²) in [5.74, 6) is -0.526. The van der Waals surface area contributed by atoms with E-state index in [2.05, 4.69) is 24.2 Å². The van der Waals surface area contributed by atoms with Crippen LogP contribution in [0.5, 0.6) is 0 Å². The molecule has 0 saturated carbocycles. The molecule has 0 spiro atoms. The molecule has 0 N–H and O–H groups in total. The number of ether oxygens (including phenoxy) is 1. The minimum atomic E-state index is -0.526. The molecule has 0 radical (unpaired) electrons. The van der Waals surface area contributed by atoms with Gasteiger partial charge in [0.25, 0.3) is 0 Å². The summed E-state index contributed by atoms with van der Waals surface area (Å²) in [6.07, 6.45) is 1.90. The Labute approximate surface area is 123 Å². The zero-order valence-electron chi connectivity index (χ0n) is 12.4. The minimum absolute atomic E-state index is 0.151. The summed E-state index contributed by atoms with van der Waals surface area (Å²) in [5.41, 5.74) is 3.18. The second-order valence-corrected chi connectivity index (χ2v) is 4.56. The van der Waals surface area contributed by atoms with Gasteiger partial charge in [-0.05, 0) is 30.2 Å². The van der Waals surface area contributed by atoms with Crippen LogP contribution in [0.15, 0.2) is 47.8 Å². The number of benzene rings is 1. The van der Waals surface area contributed by atoms with Crippen molar-refractivity contribution in [3.8, 4) is 0 Å². The largest absolute Gasteiger partial charge is 0.464 e. The number of rotatable bonds is 5. The number of aromatic nitrogens is 1. The molecule has 1 aromatic heterocycles. The van der Waals surface area contributed by atoms with Crippen molar-refractivity contribution in [2.75, 3.05) is 14.2 Å². The molecule has 1 aromatic carbocycles. The van der Waals surface area contributed by atoms with Gasteiger partial charge in [-0.25, -0.2) is 4.79 Å². The van der Waals surface area contributed by atoms with Gasteiger partial charge in [-0.15, -0.1) is 0 Å². The smallest absolute Gasteiger partial charge is 0.362 e. The Morgan fingerprint density at radius 1 is 1.19 bits per heavy atom. The number of hydrogen-bond donors (Lipinski definition) is 0. The van der Waals surface area contributed by atoms with Crippen LogP contribution in [0.4, 0.5) is 0 Å². The Morgan fingerprint density at radius 2 is 1.95 bits per heavy atom. The molecule has 0 aliphatic carbocycles. The van der Waals surface area contributed by atoms with Crippen LogP contribution in [-0.2, 0) is 20.9 Å². The van der Waals surface area contributed by atoms with E-state index in [0.717, 1.165) is 0 Å². The zero-order chi connectivity index (χ0) is 15.2. The molecule has 0 amide bonds. The number of carbonyl (C=O) groups is 1. The molecular formula is C16H18N2O3. The molecule has 0 saturated heterocycles. The third-order valence-corrected chi connectivity index (χ3v) is 3.24. The van der Waals surface area contributed by atoms with E-state index in [9.17, 15) is 4.79 Å². The van der Waals surface area contributed by atoms with Crippen molar-refractivity contribution < 1.29 is 14.4 Å². The quantitative estimate of drug-likeness (QED) is 0.482. The molecule has 5 nitrogen and oxygen atoms in total. The number of hydrogen-bond acceptors (Lipinski definition) is 4. The average Bonchev–Trinajstić information content (AvgIpc) is 2.94. The van der Waals surface area contributed by atoms with E-state index in [-0.39, 0.29) is 5.71 Å². The highest BCUT2D eigenvalue weighted by Crippen LogP contribution is 2.13. The predicted octanol–water partition coefficient (Wildman–Crippen LogP) is 2.37. The van der Waals surface area contributed by atoms with Crippen molar-refractivity contribution in [1.82, 2.24) is 4.57 Å². The maximum absolute atomic E-state index is 11.8. The van der Waals surface area contributed by atoms with Gasteiger partial charge in [0.15, 0.2) is 0 Å². The fourth-order valence-corrected chi connectivity index (χ4v) is 2.11. The molecule has 0 unspecified atom stereocenters. The molecule has 21 heavy (non-hydrogen) atoms. The standard InChI is InChI=1S/C16H18N2O3/c1-12-7-4-5-8-13(12)11-18-10-6-9-14(18)15(17-21-3)16(19)20-2/h4-10H,11H2,1-3H3. The van der Waals surface area contributed by atoms with Gasteiger partial charge in [0.1, 0.15) is 7.11 Å². The molecule has 0 aliphatic heterocycles. The number of oxime groups is 1. The molecule has 5 heteroatoms. The van der Waals surface area contributed by atoms with Gasteiger partial charge in [-0.3, -0.25) is 0 Å². The molecule has 1 heterocycles. The summed E-state index contributed by atoms with van der Waals surface area (Å²) in [6.45, 7) is 2.71. The normalized spacial score (nSPS) is 11.3. The van der Waals surface area contributed by atoms with Gasteiger partial charge < -0.3 is 14.1 Å². The average molecular weight is 286 g/mol. The zero-order valence-corrected chi connectivity index (χ0v) is 12.4. The third kappa shape index (κ3) is 3.31. The van der Waals surface area contributed by atoms with Crippen LogP contribution in [0.25, 0.3) is 0 Å². The van der Waals surface area contributed by atoms with Crippen LogP contribution >= 0.6 is 0 Å². The van der Waals surface area contributed by atoms with Crippen LogP contribution in [0.3, 0.4) is 0 Å². The van der Waals surface area contributed by atoms with Crippen LogP contribution < -0.4 is 0 Å². The number of carbonyl (C=O) groups excluding carboxylic acids is 1. The highest BCUT2D eigenvalue weighted by Gasteiger charge is 2.19. The van der Waals surface area contributed by atoms with E-state index in [1.54, 1.807) is 0 Å². The van der Waals surface area contributed by atoms with Crippen LogP contribution in [0.2, 0.25) is 0 Å². The first kappa shape index (κ1) is 14.8. The third-order valence-electron chi connectivity index (χ3n) is 3.24. The van der Waals surface area contributed by atoms with E-state index in [1.165, 1.54) is 25.3 Å². The summed E-state index contributed by atoms with van der Waals surface area (Å²) in [7, 11) is 2.72. The summed E-state index contributed by atoms with van der Waals surface area (Å²) in [4.78, 5) is 16.6. The minimum Gasteiger partial charge on any atom is -0.464 e. The van der Waals surface area contributed by atoms with Crippen molar-refractivity contribution in [2.24, 2.45) is 5.16 Å². The SMILES string of the molecule is CON=C(C(=O)OC)c1cccn1Cc1ccccc1C. The monoisotopic (exact) mass is 286 g/mol. The molecule has 0 aliphatic rings. The Balaban J connectivity index is 2.36. The molecule has 2 aromatic rings. The summed E-state index contributed by atoms with van der Waals surface area (Å²) in [5, 5.41) is 3.78. The van der Waals surface area contributed by atoms with Crippen LogP contribution in [0, 0.1) is 6.92 Å². The fourth-order valence-electron chi connectivity index (χ4n) is 2.11. The summed E-state index contributed by atoms with van der Waals surface area (Å²) < 4.78 is 6.70. The first-order chi connectivity index (χ1) is 10.2. The number of nitrogens with zero attached hydrogens (tertiary/aromatic N) is 2. The number of methoxy groups -OCH3 is 1. The lowest BCUT2D eigenvalue weighted by molar-refractivity contribution is -0.132. The molecule has 110 valence electrons.